The molecular formula is C75H99N6+3. The molecule has 9 aromatic rings. The minimum absolute atomic E-state index is 0.0469. The Hall–Kier alpha value is -6.27. The van der Waals surface area contributed by atoms with Crippen molar-refractivity contribution in [2.75, 3.05) is 0 Å². The zero-order chi connectivity index (χ0) is 60.5. The van der Waals surface area contributed by atoms with Crippen molar-refractivity contribution in [2.24, 2.45) is 0 Å². The third-order valence-electron chi connectivity index (χ3n) is 23.3. The van der Waals surface area contributed by atoms with Crippen LogP contribution in [0.2, 0.25) is 0 Å². The maximum absolute atomic E-state index is 2.63. The fraction of sp³-hybridized carbons (Fsp3) is 0.480. The summed E-state index contributed by atoms with van der Waals surface area (Å²) in [6, 6.07) is 0. The Morgan fingerprint density at radius 1 is 0.247 bits per heavy atom. The monoisotopic (exact) mass is 1080 g/mol. The highest BCUT2D eigenvalue weighted by Gasteiger charge is 2.52. The van der Waals surface area contributed by atoms with Gasteiger partial charge in [0.2, 0.25) is 0 Å². The van der Waals surface area contributed by atoms with E-state index in [4.69, 9.17) is 0 Å². The third-order valence-corrected chi connectivity index (χ3v) is 23.3. The minimum Gasteiger partial charge on any atom is -0.217 e. The second-order valence-corrected chi connectivity index (χ2v) is 27.6. The molecule has 3 aliphatic rings. The van der Waals surface area contributed by atoms with Crippen LogP contribution in [-0.4, -0.2) is 13.2 Å². The molecule has 6 nitrogen and oxygen atoms in total. The van der Waals surface area contributed by atoms with E-state index >= 15 is 0 Å². The van der Waals surface area contributed by atoms with Crippen LogP contribution in [0.1, 0.15) is 209 Å². The minimum atomic E-state index is -0.0591. The molecule has 0 radical (unpaired) electrons. The van der Waals surface area contributed by atoms with Gasteiger partial charge in [0.05, 0.1) is 5.56 Å². The van der Waals surface area contributed by atoms with E-state index in [2.05, 4.69) is 255 Å². The van der Waals surface area contributed by atoms with Crippen LogP contribution in [0.15, 0.2) is 0 Å². The van der Waals surface area contributed by atoms with Gasteiger partial charge < -0.3 is 0 Å². The number of benzene rings is 3. The number of hydrogen-bond acceptors (Lipinski definition) is 0. The van der Waals surface area contributed by atoms with Gasteiger partial charge in [-0.05, 0) is 308 Å². The summed E-state index contributed by atoms with van der Waals surface area (Å²) < 4.78 is 15.4. The van der Waals surface area contributed by atoms with Crippen LogP contribution in [0.25, 0.3) is 50.6 Å². The summed E-state index contributed by atoms with van der Waals surface area (Å²) in [5.41, 5.74) is 52.6. The first-order valence-corrected chi connectivity index (χ1v) is 30.3. The van der Waals surface area contributed by atoms with Gasteiger partial charge in [0.25, 0.3) is 17.3 Å². The first kappa shape index (κ1) is 57.9. The van der Waals surface area contributed by atoms with E-state index < -0.39 is 0 Å². The Kier molecular flexibility index (Phi) is 13.0. The van der Waals surface area contributed by atoms with Gasteiger partial charge in [0.1, 0.15) is 39.4 Å². The van der Waals surface area contributed by atoms with Crippen molar-refractivity contribution in [1.82, 2.24) is 13.2 Å². The molecule has 0 atom stereocenters. The molecule has 426 valence electrons. The number of rotatable bonds is 0. The number of imidazole rings is 3. The van der Waals surface area contributed by atoms with E-state index in [1.807, 2.05) is 0 Å². The summed E-state index contributed by atoms with van der Waals surface area (Å²) >= 11 is 0. The normalized spacial score (nSPS) is 14.8. The van der Waals surface area contributed by atoms with Crippen molar-refractivity contribution in [3.8, 4) is 33.9 Å². The fourth-order valence-corrected chi connectivity index (χ4v) is 16.9. The second kappa shape index (κ2) is 18.1. The topological polar surface area (TPSA) is 24.9 Å². The molecule has 3 aliphatic heterocycles. The fourth-order valence-electron chi connectivity index (χ4n) is 16.9. The lowest BCUT2D eigenvalue weighted by molar-refractivity contribution is -0.736. The van der Waals surface area contributed by atoms with Gasteiger partial charge in [-0.3, -0.25) is 0 Å². The Labute approximate surface area is 487 Å². The maximum Gasteiger partial charge on any atom is 0.295 e. The highest BCUT2D eigenvalue weighted by atomic mass is 15.2. The SMILES string of the molecule is Cc1c(C)c(C)c2c(c1C)-c1c(C)n3c(C)c(C)c(C)c(C)c3[n+]1C2(C)C.Cc1c(C)c(C)c2c(c1C)-c1c3c(C)c(C)c(C)c(C)n3c(C)[n+]1C2(C)C.Cc1c(C)c(C)c2c(c1C)-c1n3c(C)c(C)c(C)c(C)c3c(C)[n+]1C2(C)C. The van der Waals surface area contributed by atoms with E-state index in [0.29, 0.717) is 0 Å². The average Bonchev–Trinajstić information content (AvgIpc) is 2.33. The van der Waals surface area contributed by atoms with Crippen LogP contribution in [-0.2, 0) is 16.6 Å². The van der Waals surface area contributed by atoms with E-state index in [9.17, 15) is 0 Å². The lowest BCUT2D eigenvalue weighted by Crippen LogP contribution is -2.52. The third kappa shape index (κ3) is 6.94. The molecule has 0 fully saturated rings. The molecule has 81 heavy (non-hydrogen) atoms. The molecule has 3 aromatic carbocycles. The standard InChI is InChI=1S/3C25H33N2/c1-12-13(2)17(6)22-21(16(12)5)23-20(9)26-19(8)15(4)14(3)18(7)24(26)27(23)25(22,10)11;1-12-13(2)17(6)22-21(16(12)5)24-23-18(7)14(3)15(4)19(8)26(23)20(9)27(24)25(22,10)11;1-12-13(2)17(6)22-21(16(12)5)24-26-19(8)15(4)14(3)18(7)23(26)20(9)27(24)25(22,10)11/h3*1-11H3/q3*+1. The van der Waals surface area contributed by atoms with Crippen molar-refractivity contribution in [2.45, 2.75) is 245 Å². The van der Waals surface area contributed by atoms with Crippen molar-refractivity contribution in [3.63, 3.8) is 0 Å². The Balaban J connectivity index is 0.000000136. The maximum atomic E-state index is 2.63. The van der Waals surface area contributed by atoms with Crippen LogP contribution in [0.5, 0.6) is 0 Å². The van der Waals surface area contributed by atoms with E-state index in [-0.39, 0.29) is 16.6 Å². The molecule has 12 rings (SSSR count). The highest BCUT2D eigenvalue weighted by Crippen LogP contribution is 2.51. The predicted molar refractivity (Wildman–Crippen MR) is 342 cm³/mol. The smallest absolute Gasteiger partial charge is 0.217 e. The molecule has 0 unspecified atom stereocenters. The zero-order valence-electron chi connectivity index (χ0n) is 56.7. The summed E-state index contributed by atoms with van der Waals surface area (Å²) in [5.74, 6) is 2.70. The number of hydrogen-bond donors (Lipinski definition) is 0. The van der Waals surface area contributed by atoms with E-state index in [1.54, 1.807) is 0 Å². The average molecular weight is 1080 g/mol. The van der Waals surface area contributed by atoms with Crippen LogP contribution >= 0.6 is 0 Å². The van der Waals surface area contributed by atoms with Gasteiger partial charge in [0, 0.05) is 65.3 Å². The molecule has 6 heteroatoms. The van der Waals surface area contributed by atoms with Gasteiger partial charge in [0.15, 0.2) is 28.1 Å². The number of aryl methyl sites for hydroxylation is 9. The molecule has 0 spiro atoms. The van der Waals surface area contributed by atoms with Gasteiger partial charge in [-0.25, -0.2) is 13.7 Å². The molecule has 0 saturated heterocycles. The quantitative estimate of drug-likeness (QED) is 0.135. The number of nitrogens with zero attached hydrogens (tertiary/aromatic N) is 6. The largest absolute Gasteiger partial charge is 0.295 e. The molecular weight excluding hydrogens is 985 g/mol. The van der Waals surface area contributed by atoms with Crippen molar-refractivity contribution >= 4 is 16.7 Å². The molecule has 9 heterocycles. The first-order valence-electron chi connectivity index (χ1n) is 30.3. The Morgan fingerprint density at radius 2 is 0.568 bits per heavy atom. The molecule has 0 amide bonds. The van der Waals surface area contributed by atoms with Gasteiger partial charge in [-0.15, -0.1) is 0 Å². The van der Waals surface area contributed by atoms with Crippen LogP contribution < -0.4 is 13.7 Å². The summed E-state index contributed by atoms with van der Waals surface area (Å²) in [6.07, 6.45) is 0. The highest BCUT2D eigenvalue weighted by molar-refractivity contribution is 5.87. The van der Waals surface area contributed by atoms with Crippen LogP contribution in [0.4, 0.5) is 0 Å². The lowest BCUT2D eigenvalue weighted by atomic mass is 9.82. The van der Waals surface area contributed by atoms with Crippen molar-refractivity contribution in [3.05, 3.63) is 168 Å². The second-order valence-electron chi connectivity index (χ2n) is 27.6. The summed E-state index contributed by atoms with van der Waals surface area (Å²) in [4.78, 5) is 0. The molecule has 0 N–H and O–H groups in total. The van der Waals surface area contributed by atoms with Gasteiger partial charge >= 0.3 is 0 Å². The molecule has 0 bridgehead atoms. The van der Waals surface area contributed by atoms with Crippen molar-refractivity contribution < 1.29 is 13.7 Å². The Morgan fingerprint density at radius 3 is 1.02 bits per heavy atom. The zero-order valence-corrected chi connectivity index (χ0v) is 56.7. The molecule has 6 aromatic heterocycles. The summed E-state index contributed by atoms with van der Waals surface area (Å²) in [5, 5.41) is 0. The molecule has 0 saturated carbocycles. The molecule has 0 aliphatic carbocycles. The number of aromatic nitrogens is 6. The van der Waals surface area contributed by atoms with Crippen LogP contribution in [0, 0.1) is 187 Å². The summed E-state index contributed by atoms with van der Waals surface area (Å²) in [6.45, 7) is 76.1. The number of pyridine rings is 3. The van der Waals surface area contributed by atoms with Gasteiger partial charge in [-0.1, -0.05) is 0 Å². The lowest BCUT2D eigenvalue weighted by Gasteiger charge is -2.24. The predicted octanol–water partition coefficient (Wildman–Crippen LogP) is 17.3. The first-order chi connectivity index (χ1) is 37.3. The Bertz CT molecular complexity index is 4190. The summed E-state index contributed by atoms with van der Waals surface area (Å²) in [7, 11) is 0. The van der Waals surface area contributed by atoms with E-state index in [0.717, 1.165) is 0 Å². The van der Waals surface area contributed by atoms with Crippen molar-refractivity contribution in [1.29, 1.82) is 0 Å². The van der Waals surface area contributed by atoms with Crippen LogP contribution in [0.3, 0.4) is 0 Å². The number of fused-ring (bicyclic) bond motifs is 15. The van der Waals surface area contributed by atoms with Gasteiger partial charge in [-0.2, -0.15) is 13.2 Å². The van der Waals surface area contributed by atoms with E-state index in [1.165, 1.54) is 218 Å².